The molecule has 0 aliphatic rings. The zero-order chi connectivity index (χ0) is 9.00. The maximum absolute atomic E-state index is 8.52. The molecule has 0 saturated heterocycles. The molecule has 64 valence electrons. The van der Waals surface area contributed by atoms with Gasteiger partial charge in [0.1, 0.15) is 0 Å². The Morgan fingerprint density at radius 3 is 0.667 bits per heavy atom. The largest absolute Gasteiger partial charge is 3.00 e. The van der Waals surface area contributed by atoms with Gasteiger partial charge in [0.25, 0.3) is 0 Å². The van der Waals surface area contributed by atoms with Crippen LogP contribution in [-0.4, -0.2) is 35.0 Å². The molecule has 0 aromatic carbocycles. The van der Waals surface area contributed by atoms with E-state index in [1.165, 1.54) is 0 Å². The van der Waals surface area contributed by atoms with Gasteiger partial charge in [-0.15, -0.1) is 0 Å². The Kier molecular flexibility index (Phi) is 19.4. The SMILES string of the molecule is O=S(=O)([O-])[O-].O=S(=O)([O-])[O-].[K+].[Sc+3]. The summed E-state index contributed by atoms with van der Waals surface area (Å²) < 4.78 is 68.2. The van der Waals surface area contributed by atoms with Crippen molar-refractivity contribution in [2.45, 2.75) is 0 Å². The van der Waals surface area contributed by atoms with E-state index in [-0.39, 0.29) is 77.2 Å². The fourth-order valence-corrected chi connectivity index (χ4v) is 0. The minimum absolute atomic E-state index is 0. The molecule has 8 nitrogen and oxygen atoms in total. The molecule has 12 heteroatoms. The van der Waals surface area contributed by atoms with Gasteiger partial charge in [0, 0.05) is 20.8 Å². The number of hydrogen-bond donors (Lipinski definition) is 0. The molecule has 0 amide bonds. The van der Waals surface area contributed by atoms with E-state index in [4.69, 9.17) is 35.0 Å². The van der Waals surface area contributed by atoms with Gasteiger partial charge in [-0.25, -0.2) is 0 Å². The van der Waals surface area contributed by atoms with Crippen LogP contribution in [0.4, 0.5) is 0 Å². The van der Waals surface area contributed by atoms with E-state index in [9.17, 15) is 0 Å². The minimum atomic E-state index is -5.17. The molecule has 0 aliphatic heterocycles. The van der Waals surface area contributed by atoms with Crippen LogP contribution in [-0.2, 0) is 46.6 Å². The average molecular weight is 276 g/mol. The summed E-state index contributed by atoms with van der Waals surface area (Å²) in [5.74, 6) is 0. The van der Waals surface area contributed by atoms with Gasteiger partial charge in [-0.1, -0.05) is 0 Å². The zero-order valence-electron chi connectivity index (χ0n) is 5.66. The summed E-state index contributed by atoms with van der Waals surface area (Å²) in [5, 5.41) is 0. The van der Waals surface area contributed by atoms with E-state index in [1.54, 1.807) is 0 Å². The van der Waals surface area contributed by atoms with Crippen LogP contribution in [0.1, 0.15) is 0 Å². The first-order chi connectivity index (χ1) is 4.00. The van der Waals surface area contributed by atoms with Gasteiger partial charge in [0.15, 0.2) is 0 Å². The molecule has 0 spiro atoms. The van der Waals surface area contributed by atoms with Crippen LogP contribution < -0.4 is 51.4 Å². The summed E-state index contributed by atoms with van der Waals surface area (Å²) in [6.45, 7) is 0. The Morgan fingerprint density at radius 2 is 0.667 bits per heavy atom. The zero-order valence-corrected chi connectivity index (χ0v) is 12.2. The fraction of sp³-hybridized carbons (Fsp3) is 0. The second kappa shape index (κ2) is 9.79. The van der Waals surface area contributed by atoms with Gasteiger partial charge in [-0.3, -0.25) is 16.8 Å². The Labute approximate surface area is 130 Å². The molecule has 0 rings (SSSR count). The molecular formula is KO8S2Sc. The van der Waals surface area contributed by atoms with Crippen molar-refractivity contribution in [3.05, 3.63) is 0 Å². The summed E-state index contributed by atoms with van der Waals surface area (Å²) in [6.07, 6.45) is 0. The van der Waals surface area contributed by atoms with Crippen LogP contribution in [0, 0.1) is 0 Å². The Hall–Kier alpha value is 2.25. The molecule has 0 heterocycles. The van der Waals surface area contributed by atoms with Gasteiger partial charge in [-0.2, -0.15) is 0 Å². The van der Waals surface area contributed by atoms with E-state index < -0.39 is 20.8 Å². The molecule has 0 aliphatic carbocycles. The van der Waals surface area contributed by atoms with Crippen molar-refractivity contribution in [2.75, 3.05) is 0 Å². The minimum Gasteiger partial charge on any atom is -0.759 e. The summed E-state index contributed by atoms with van der Waals surface area (Å²) >= 11 is 0. The second-order valence-electron chi connectivity index (χ2n) is 0.816. The normalized spacial score (nSPS) is 9.67. The van der Waals surface area contributed by atoms with Crippen molar-refractivity contribution < 1.29 is 112 Å². The first-order valence-electron chi connectivity index (χ1n) is 1.33. The van der Waals surface area contributed by atoms with E-state index in [0.29, 0.717) is 0 Å². The molecule has 0 bridgehead atoms. The monoisotopic (exact) mass is 276 g/mol. The van der Waals surface area contributed by atoms with Crippen LogP contribution >= 0.6 is 0 Å². The molecule has 0 fully saturated rings. The first-order valence-corrected chi connectivity index (χ1v) is 4.00. The van der Waals surface area contributed by atoms with Gasteiger partial charge in [-0.05, 0) is 0 Å². The van der Waals surface area contributed by atoms with Crippen molar-refractivity contribution in [1.29, 1.82) is 0 Å². The second-order valence-corrected chi connectivity index (χ2v) is 2.45. The Morgan fingerprint density at radius 1 is 0.667 bits per heavy atom. The molecule has 12 heavy (non-hydrogen) atoms. The third-order valence-electron chi connectivity index (χ3n) is 0. The molecule has 0 aromatic heterocycles. The van der Waals surface area contributed by atoms with Gasteiger partial charge < -0.3 is 18.2 Å². The molecular weight excluding hydrogens is 276 g/mol. The smallest absolute Gasteiger partial charge is 0.759 e. The van der Waals surface area contributed by atoms with Crippen LogP contribution in [0.2, 0.25) is 0 Å². The van der Waals surface area contributed by atoms with Crippen LogP contribution in [0.25, 0.3) is 0 Å². The van der Waals surface area contributed by atoms with E-state index in [1.807, 2.05) is 0 Å². The molecule has 0 saturated carbocycles. The summed E-state index contributed by atoms with van der Waals surface area (Å²) in [4.78, 5) is 0. The van der Waals surface area contributed by atoms with Crippen molar-refractivity contribution in [1.82, 2.24) is 0 Å². The Bertz CT molecular complexity index is 213. The number of hydrogen-bond acceptors (Lipinski definition) is 8. The summed E-state index contributed by atoms with van der Waals surface area (Å²) in [6, 6.07) is 0. The molecule has 0 aromatic rings. The summed E-state index contributed by atoms with van der Waals surface area (Å²) in [5.41, 5.74) is 0. The standard InChI is InChI=1S/K.2H2O4S.Sc/c;2*1-5(2,3)4;/h;2*(H2,1,2,3,4);/q+1;;;+3/p-4. The van der Waals surface area contributed by atoms with Crippen molar-refractivity contribution >= 4 is 20.8 Å². The summed E-state index contributed by atoms with van der Waals surface area (Å²) in [7, 11) is -10.3. The Balaban J connectivity index is -0.0000000457. The van der Waals surface area contributed by atoms with E-state index in [2.05, 4.69) is 0 Å². The topological polar surface area (TPSA) is 161 Å². The van der Waals surface area contributed by atoms with Gasteiger partial charge in [0.2, 0.25) is 0 Å². The van der Waals surface area contributed by atoms with Gasteiger partial charge >= 0.3 is 77.2 Å². The maximum atomic E-state index is 8.52. The molecule has 0 atom stereocenters. The predicted molar refractivity (Wildman–Crippen MR) is 20.9 cm³/mol. The quantitative estimate of drug-likeness (QED) is 0.240. The van der Waals surface area contributed by atoms with Gasteiger partial charge in [0.05, 0.1) is 0 Å². The van der Waals surface area contributed by atoms with Crippen molar-refractivity contribution in [3.63, 3.8) is 0 Å². The van der Waals surface area contributed by atoms with Crippen LogP contribution in [0.15, 0.2) is 0 Å². The third-order valence-corrected chi connectivity index (χ3v) is 0. The molecule has 0 radical (unpaired) electrons. The van der Waals surface area contributed by atoms with Crippen molar-refractivity contribution in [3.8, 4) is 0 Å². The molecule has 0 unspecified atom stereocenters. The van der Waals surface area contributed by atoms with Crippen molar-refractivity contribution in [2.24, 2.45) is 0 Å². The average Bonchev–Trinajstić information content (AvgIpc) is 1.12. The van der Waals surface area contributed by atoms with E-state index in [0.717, 1.165) is 0 Å². The van der Waals surface area contributed by atoms with Crippen LogP contribution in [0.5, 0.6) is 0 Å². The van der Waals surface area contributed by atoms with Crippen LogP contribution in [0.3, 0.4) is 0 Å². The molecule has 0 N–H and O–H groups in total. The third kappa shape index (κ3) is 307. The first kappa shape index (κ1) is 23.8. The van der Waals surface area contributed by atoms with E-state index >= 15 is 0 Å². The maximum Gasteiger partial charge on any atom is 3.00 e. The number of rotatable bonds is 0. The fourth-order valence-electron chi connectivity index (χ4n) is 0. The predicted octanol–water partition coefficient (Wildman–Crippen LogP) is -5.67.